The molecule has 1 heterocycles. The molecule has 1 aliphatic carbocycles. The molecule has 0 spiro atoms. The Labute approximate surface area is 250 Å². The molecule has 7 nitrogen and oxygen atoms in total. The van der Waals surface area contributed by atoms with Crippen LogP contribution in [0.1, 0.15) is 105 Å². The lowest BCUT2D eigenvalue weighted by atomic mass is 9.52. The number of aliphatic hydroxyl groups excluding tert-OH is 1. The van der Waals surface area contributed by atoms with E-state index in [1.165, 1.54) is 0 Å². The highest BCUT2D eigenvalue weighted by atomic mass is 16.5. The van der Waals surface area contributed by atoms with Crippen LogP contribution in [0.5, 0.6) is 0 Å². The molecular weight excluding hydrogens is 532 g/mol. The number of aliphatic carboxylic acids is 1. The number of esters is 1. The van der Waals surface area contributed by atoms with Gasteiger partial charge in [0.2, 0.25) is 0 Å². The average Bonchev–Trinajstić information content (AvgIpc) is 2.89. The summed E-state index contributed by atoms with van der Waals surface area (Å²) in [6.07, 6.45) is 3.91. The summed E-state index contributed by atoms with van der Waals surface area (Å²) in [6.45, 7) is 15.0. The fourth-order valence-corrected chi connectivity index (χ4v) is 6.52. The van der Waals surface area contributed by atoms with Crippen molar-refractivity contribution in [3.8, 4) is 0 Å². The molecule has 2 aliphatic rings. The van der Waals surface area contributed by atoms with Crippen molar-refractivity contribution in [2.75, 3.05) is 0 Å². The lowest BCUT2D eigenvalue weighted by Gasteiger charge is -2.53. The number of ether oxygens (including phenoxy) is 1. The number of rotatable bonds is 12. The SMILES string of the molecule is CCC(C)C(=O)C1=C(O)C2(CC=C(C)C)CC(CCC(C)(C)O)C(C)(C)C(C(CC(=O)O)c3ccccc3)=C2OC1=O. The molecule has 0 amide bonds. The number of benzene rings is 1. The summed E-state index contributed by atoms with van der Waals surface area (Å²) in [6, 6.07) is 9.29. The Balaban J connectivity index is 2.47. The molecule has 0 aromatic heterocycles. The van der Waals surface area contributed by atoms with E-state index in [9.17, 15) is 29.7 Å². The Morgan fingerprint density at radius 3 is 2.31 bits per heavy atom. The van der Waals surface area contributed by atoms with Gasteiger partial charge < -0.3 is 20.1 Å². The molecule has 1 aromatic rings. The van der Waals surface area contributed by atoms with Crippen molar-refractivity contribution >= 4 is 17.7 Å². The first-order valence-corrected chi connectivity index (χ1v) is 15.0. The third kappa shape index (κ3) is 6.72. The smallest absolute Gasteiger partial charge is 0.350 e. The third-order valence-electron chi connectivity index (χ3n) is 9.28. The number of allylic oxidation sites excluding steroid dienone is 3. The molecule has 42 heavy (non-hydrogen) atoms. The van der Waals surface area contributed by atoms with Crippen molar-refractivity contribution in [3.63, 3.8) is 0 Å². The number of hydrogen-bond acceptors (Lipinski definition) is 6. The summed E-state index contributed by atoms with van der Waals surface area (Å²) in [5.74, 6) is -3.69. The van der Waals surface area contributed by atoms with Crippen molar-refractivity contribution < 1.29 is 34.4 Å². The maximum absolute atomic E-state index is 13.6. The number of hydrogen-bond donors (Lipinski definition) is 3. The van der Waals surface area contributed by atoms with Crippen molar-refractivity contribution in [3.05, 3.63) is 70.2 Å². The average molecular weight is 581 g/mol. The minimum atomic E-state index is -1.25. The van der Waals surface area contributed by atoms with Gasteiger partial charge in [-0.15, -0.1) is 0 Å². The fourth-order valence-electron chi connectivity index (χ4n) is 6.52. The van der Waals surface area contributed by atoms with Gasteiger partial charge in [0.25, 0.3) is 0 Å². The summed E-state index contributed by atoms with van der Waals surface area (Å²) in [5.41, 5.74) is -0.788. The predicted octanol–water partition coefficient (Wildman–Crippen LogP) is 7.42. The minimum Gasteiger partial charge on any atom is -0.510 e. The molecule has 3 N–H and O–H groups in total. The number of carboxylic acid groups (broad SMARTS) is 1. The van der Waals surface area contributed by atoms with Gasteiger partial charge in [0.15, 0.2) is 5.78 Å². The fraction of sp³-hybridized carbons (Fsp3) is 0.571. The van der Waals surface area contributed by atoms with Crippen LogP contribution in [0, 0.1) is 22.7 Å². The van der Waals surface area contributed by atoms with Crippen LogP contribution in [0.2, 0.25) is 0 Å². The van der Waals surface area contributed by atoms with Crippen LogP contribution in [0.4, 0.5) is 0 Å². The van der Waals surface area contributed by atoms with E-state index in [1.54, 1.807) is 20.8 Å². The van der Waals surface area contributed by atoms with Gasteiger partial charge in [0, 0.05) is 11.8 Å². The van der Waals surface area contributed by atoms with Gasteiger partial charge in [-0.1, -0.05) is 69.7 Å². The molecule has 3 rings (SSSR count). The lowest BCUT2D eigenvalue weighted by molar-refractivity contribution is -0.143. The van der Waals surface area contributed by atoms with Crippen molar-refractivity contribution in [1.82, 2.24) is 0 Å². The second-order valence-electron chi connectivity index (χ2n) is 13.6. The van der Waals surface area contributed by atoms with Gasteiger partial charge in [0.1, 0.15) is 17.1 Å². The number of ketones is 1. The van der Waals surface area contributed by atoms with E-state index in [1.807, 2.05) is 71.0 Å². The monoisotopic (exact) mass is 580 g/mol. The predicted molar refractivity (Wildman–Crippen MR) is 163 cm³/mol. The zero-order valence-electron chi connectivity index (χ0n) is 26.4. The van der Waals surface area contributed by atoms with Crippen molar-refractivity contribution in [2.24, 2.45) is 22.7 Å². The highest BCUT2D eigenvalue weighted by molar-refractivity contribution is 6.19. The first kappa shape index (κ1) is 33.3. The van der Waals surface area contributed by atoms with Gasteiger partial charge in [-0.05, 0) is 82.3 Å². The number of Topliss-reactive ketones (excluding diaryl/α,β-unsaturated/α-hetero) is 1. The Kier molecular flexibility index (Phi) is 9.98. The molecule has 0 radical (unpaired) electrons. The quantitative estimate of drug-likeness (QED) is 0.134. The zero-order chi connectivity index (χ0) is 31.6. The molecule has 1 aliphatic heterocycles. The van der Waals surface area contributed by atoms with Crippen molar-refractivity contribution in [2.45, 2.75) is 105 Å². The van der Waals surface area contributed by atoms with Crippen LogP contribution in [0.3, 0.4) is 0 Å². The van der Waals surface area contributed by atoms with Gasteiger partial charge in [-0.25, -0.2) is 4.79 Å². The second-order valence-corrected chi connectivity index (χ2v) is 13.6. The molecule has 0 fully saturated rings. The normalized spacial score (nSPS) is 23.5. The Hall–Kier alpha value is -3.19. The second kappa shape index (κ2) is 12.6. The summed E-state index contributed by atoms with van der Waals surface area (Å²) < 4.78 is 6.18. The van der Waals surface area contributed by atoms with E-state index in [2.05, 4.69) is 0 Å². The summed E-state index contributed by atoms with van der Waals surface area (Å²) in [5, 5.41) is 32.9. The van der Waals surface area contributed by atoms with Gasteiger partial charge in [-0.3, -0.25) is 9.59 Å². The van der Waals surface area contributed by atoms with Crippen LogP contribution in [-0.4, -0.2) is 38.6 Å². The molecule has 1 aromatic carbocycles. The van der Waals surface area contributed by atoms with E-state index in [-0.39, 0.29) is 35.9 Å². The highest BCUT2D eigenvalue weighted by Gasteiger charge is 2.59. The molecule has 0 bridgehead atoms. The highest BCUT2D eigenvalue weighted by Crippen LogP contribution is 2.63. The van der Waals surface area contributed by atoms with Gasteiger partial charge in [-0.2, -0.15) is 0 Å². The standard InChI is InChI=1S/C35H48O7/c1-9-22(4)29(38)27-30(39)35(18-15-21(2)3)20-24(16-17-33(5,6)41)34(7,8)28(31(35)42-32(27)40)25(19-26(36)37)23-13-11-10-12-14-23/h10-15,22,24-25,39,41H,9,16-20H2,1-8H3,(H,36,37). The maximum atomic E-state index is 13.6. The number of aliphatic hydroxyl groups is 2. The van der Waals surface area contributed by atoms with Crippen LogP contribution in [0.25, 0.3) is 0 Å². The van der Waals surface area contributed by atoms with E-state index in [0.717, 1.165) is 11.1 Å². The molecule has 7 heteroatoms. The van der Waals surface area contributed by atoms with Crippen LogP contribution in [-0.2, 0) is 19.1 Å². The van der Waals surface area contributed by atoms with E-state index in [4.69, 9.17) is 4.74 Å². The molecule has 0 saturated heterocycles. The van der Waals surface area contributed by atoms with Crippen molar-refractivity contribution in [1.29, 1.82) is 0 Å². The summed E-state index contributed by atoms with van der Waals surface area (Å²) in [7, 11) is 0. The number of carboxylic acids is 1. The Bertz CT molecular complexity index is 1290. The summed E-state index contributed by atoms with van der Waals surface area (Å²) >= 11 is 0. The van der Waals surface area contributed by atoms with E-state index < -0.39 is 46.0 Å². The molecule has 0 saturated carbocycles. The van der Waals surface area contributed by atoms with E-state index in [0.29, 0.717) is 31.3 Å². The lowest BCUT2D eigenvalue weighted by Crippen LogP contribution is -2.48. The Morgan fingerprint density at radius 1 is 1.17 bits per heavy atom. The molecule has 230 valence electrons. The maximum Gasteiger partial charge on any atom is 0.350 e. The van der Waals surface area contributed by atoms with Crippen LogP contribution >= 0.6 is 0 Å². The largest absolute Gasteiger partial charge is 0.510 e. The third-order valence-corrected chi connectivity index (χ3v) is 9.28. The van der Waals surface area contributed by atoms with Crippen LogP contribution < -0.4 is 0 Å². The number of carbonyl (C=O) groups is 3. The summed E-state index contributed by atoms with van der Waals surface area (Å²) in [4.78, 5) is 39.4. The van der Waals surface area contributed by atoms with Gasteiger partial charge in [0.05, 0.1) is 17.4 Å². The van der Waals surface area contributed by atoms with Gasteiger partial charge >= 0.3 is 11.9 Å². The Morgan fingerprint density at radius 2 is 1.79 bits per heavy atom. The van der Waals surface area contributed by atoms with E-state index >= 15 is 0 Å². The first-order valence-electron chi connectivity index (χ1n) is 15.0. The zero-order valence-corrected chi connectivity index (χ0v) is 26.4. The van der Waals surface area contributed by atoms with Crippen LogP contribution in [0.15, 0.2) is 64.6 Å². The number of carbonyl (C=O) groups excluding carboxylic acids is 2. The first-order chi connectivity index (χ1) is 19.5. The number of fused-ring (bicyclic) bond motifs is 1. The molecule has 4 atom stereocenters. The minimum absolute atomic E-state index is 0.146. The molecular formula is C35H48O7. The topological polar surface area (TPSA) is 121 Å². The molecule has 4 unspecified atom stereocenters.